The van der Waals surface area contributed by atoms with Gasteiger partial charge in [0.25, 0.3) is 15.9 Å². The first-order valence-electron chi connectivity index (χ1n) is 11.0. The van der Waals surface area contributed by atoms with Gasteiger partial charge in [0.1, 0.15) is 0 Å². The Labute approximate surface area is 191 Å². The third kappa shape index (κ3) is 5.13. The first-order valence-corrected chi connectivity index (χ1v) is 12.4. The Morgan fingerprint density at radius 3 is 2.47 bits per heavy atom. The van der Waals surface area contributed by atoms with E-state index in [-0.39, 0.29) is 10.6 Å². The molecule has 0 radical (unpaired) electrons. The fraction of sp³-hybridized carbons (Fsp3) is 0.545. The molecule has 0 spiro atoms. The van der Waals surface area contributed by atoms with Crippen LogP contribution in [-0.2, 0) is 16.6 Å². The summed E-state index contributed by atoms with van der Waals surface area (Å²) >= 11 is 0. The van der Waals surface area contributed by atoms with Crippen LogP contribution in [0.2, 0.25) is 0 Å². The summed E-state index contributed by atoms with van der Waals surface area (Å²) in [6, 6.07) is 6.18. The predicted molar refractivity (Wildman–Crippen MR) is 126 cm³/mol. The average molecular weight is 463 g/mol. The van der Waals surface area contributed by atoms with E-state index in [0.717, 1.165) is 5.69 Å². The van der Waals surface area contributed by atoms with Crippen LogP contribution < -0.4 is 10.2 Å². The lowest BCUT2D eigenvalue weighted by molar-refractivity contribution is 0.0947. The summed E-state index contributed by atoms with van der Waals surface area (Å²) in [5, 5.41) is 6.88. The molecule has 9 nitrogen and oxygen atoms in total. The van der Waals surface area contributed by atoms with Gasteiger partial charge in [-0.1, -0.05) is 12.1 Å². The van der Waals surface area contributed by atoms with E-state index in [1.54, 1.807) is 0 Å². The van der Waals surface area contributed by atoms with Crippen molar-refractivity contribution < 1.29 is 13.2 Å². The molecular weight excluding hydrogens is 428 g/mol. The number of anilines is 1. The summed E-state index contributed by atoms with van der Waals surface area (Å²) < 4.78 is 29.8. The second-order valence-corrected chi connectivity index (χ2v) is 10.2. The van der Waals surface area contributed by atoms with E-state index >= 15 is 0 Å². The van der Waals surface area contributed by atoms with Crippen LogP contribution in [0.15, 0.2) is 29.4 Å². The molecule has 1 aliphatic heterocycles. The van der Waals surface area contributed by atoms with Gasteiger partial charge >= 0.3 is 0 Å². The van der Waals surface area contributed by atoms with E-state index in [9.17, 15) is 13.2 Å². The van der Waals surface area contributed by atoms with Crippen molar-refractivity contribution in [3.63, 3.8) is 0 Å². The zero-order valence-electron chi connectivity index (χ0n) is 19.6. The van der Waals surface area contributed by atoms with Crippen LogP contribution >= 0.6 is 0 Å². The number of nitrogens with one attached hydrogen (secondary N) is 1. The highest BCUT2D eigenvalue weighted by Crippen LogP contribution is 2.26. The van der Waals surface area contributed by atoms with Gasteiger partial charge in [0, 0.05) is 57.7 Å². The molecule has 0 unspecified atom stereocenters. The second kappa shape index (κ2) is 10.0. The lowest BCUT2D eigenvalue weighted by atomic mass is 10.1. The van der Waals surface area contributed by atoms with Crippen LogP contribution in [0.1, 0.15) is 28.4 Å². The van der Waals surface area contributed by atoms with E-state index in [2.05, 4.69) is 41.3 Å². The maximum absolute atomic E-state index is 13.4. The molecule has 2 aromatic rings. The minimum Gasteiger partial charge on any atom is -0.369 e. The van der Waals surface area contributed by atoms with Crippen molar-refractivity contribution >= 4 is 21.6 Å². The molecule has 1 aromatic heterocycles. The van der Waals surface area contributed by atoms with Gasteiger partial charge in [-0.3, -0.25) is 9.48 Å². The standard InChI is InChI=1S/C22H34N6O3S/c1-6-27-16-19(21(29)23-10-11-25(4)5)22(24-27)32(30,31)28-14-12-26(13-15-28)20-9-7-8-17(2)18(20)3/h7-9,16H,6,10-15H2,1-5H3,(H,23,29). The minimum atomic E-state index is -3.89. The number of aromatic nitrogens is 2. The Balaban J connectivity index is 1.77. The lowest BCUT2D eigenvalue weighted by Gasteiger charge is -2.36. The number of sulfonamides is 1. The van der Waals surface area contributed by atoms with Crippen LogP contribution in [0.25, 0.3) is 0 Å². The Bertz CT molecular complexity index is 1060. The number of nitrogens with zero attached hydrogens (tertiary/aromatic N) is 5. The number of piperazine rings is 1. The molecule has 1 aromatic carbocycles. The quantitative estimate of drug-likeness (QED) is 0.636. The van der Waals surface area contributed by atoms with Gasteiger partial charge in [0.15, 0.2) is 0 Å². The molecule has 176 valence electrons. The molecule has 1 fully saturated rings. The van der Waals surface area contributed by atoms with Gasteiger partial charge in [-0.2, -0.15) is 9.40 Å². The molecule has 10 heteroatoms. The lowest BCUT2D eigenvalue weighted by Crippen LogP contribution is -2.49. The summed E-state index contributed by atoms with van der Waals surface area (Å²) in [7, 11) is -0.0653. The third-order valence-corrected chi connectivity index (χ3v) is 7.72. The van der Waals surface area contributed by atoms with Gasteiger partial charge in [-0.05, 0) is 52.1 Å². The average Bonchev–Trinajstić information content (AvgIpc) is 3.21. The normalized spacial score (nSPS) is 15.4. The maximum Gasteiger partial charge on any atom is 0.263 e. The predicted octanol–water partition coefficient (Wildman–Crippen LogP) is 1.32. The zero-order chi connectivity index (χ0) is 23.5. The molecule has 2 heterocycles. The molecule has 3 rings (SSSR count). The highest BCUT2D eigenvalue weighted by Gasteiger charge is 2.34. The molecule has 1 saturated heterocycles. The number of hydrogen-bond donors (Lipinski definition) is 1. The van der Waals surface area contributed by atoms with Crippen molar-refractivity contribution in [1.82, 2.24) is 24.3 Å². The van der Waals surface area contributed by atoms with Gasteiger partial charge in [-0.25, -0.2) is 8.42 Å². The van der Waals surface area contributed by atoms with Gasteiger partial charge < -0.3 is 15.1 Å². The van der Waals surface area contributed by atoms with E-state index in [4.69, 9.17) is 0 Å². The third-order valence-electron chi connectivity index (χ3n) is 5.88. The van der Waals surface area contributed by atoms with Crippen molar-refractivity contribution in [3.8, 4) is 0 Å². The molecule has 0 saturated carbocycles. The maximum atomic E-state index is 13.4. The van der Waals surface area contributed by atoms with Crippen molar-refractivity contribution in [2.24, 2.45) is 0 Å². The van der Waals surface area contributed by atoms with Gasteiger partial charge in [-0.15, -0.1) is 0 Å². The van der Waals surface area contributed by atoms with E-state index < -0.39 is 15.9 Å². The second-order valence-electron chi connectivity index (χ2n) is 8.37. The van der Waals surface area contributed by atoms with Crippen molar-refractivity contribution in [3.05, 3.63) is 41.1 Å². The zero-order valence-corrected chi connectivity index (χ0v) is 20.4. The number of benzene rings is 1. The Morgan fingerprint density at radius 1 is 1.16 bits per heavy atom. The molecule has 0 bridgehead atoms. The molecule has 1 aliphatic rings. The molecular formula is C22H34N6O3S. The Morgan fingerprint density at radius 2 is 1.84 bits per heavy atom. The highest BCUT2D eigenvalue weighted by atomic mass is 32.2. The molecule has 1 amide bonds. The van der Waals surface area contributed by atoms with E-state index in [1.165, 1.54) is 26.3 Å². The molecule has 32 heavy (non-hydrogen) atoms. The fourth-order valence-corrected chi connectivity index (χ4v) is 5.29. The van der Waals surface area contributed by atoms with Gasteiger partial charge in [0.05, 0.1) is 5.56 Å². The highest BCUT2D eigenvalue weighted by molar-refractivity contribution is 7.89. The van der Waals surface area contributed by atoms with Gasteiger partial charge in [0.2, 0.25) is 5.03 Å². The number of rotatable bonds is 8. The summed E-state index contributed by atoms with van der Waals surface area (Å²) in [5.41, 5.74) is 3.66. The smallest absolute Gasteiger partial charge is 0.263 e. The van der Waals surface area contributed by atoms with Crippen molar-refractivity contribution in [2.45, 2.75) is 32.3 Å². The van der Waals surface area contributed by atoms with Crippen LogP contribution in [0.5, 0.6) is 0 Å². The largest absolute Gasteiger partial charge is 0.369 e. The first kappa shape index (κ1) is 24.2. The SMILES string of the molecule is CCn1cc(C(=O)NCCN(C)C)c(S(=O)(=O)N2CCN(c3cccc(C)c3C)CC2)n1. The molecule has 0 aliphatic carbocycles. The summed E-state index contributed by atoms with van der Waals surface area (Å²) in [4.78, 5) is 16.9. The monoisotopic (exact) mass is 462 g/mol. The Kier molecular flexibility index (Phi) is 7.58. The van der Waals surface area contributed by atoms with Crippen LogP contribution in [0.3, 0.4) is 0 Å². The summed E-state index contributed by atoms with van der Waals surface area (Å²) in [6.45, 7) is 9.46. The van der Waals surface area contributed by atoms with Crippen molar-refractivity contribution in [2.75, 3.05) is 58.3 Å². The number of carbonyl (C=O) groups excluding carboxylic acids is 1. The summed E-state index contributed by atoms with van der Waals surface area (Å²) in [6.07, 6.45) is 1.52. The van der Waals surface area contributed by atoms with Crippen LogP contribution in [-0.4, -0.2) is 86.7 Å². The first-order chi connectivity index (χ1) is 15.1. The van der Waals surface area contributed by atoms with E-state index in [1.807, 2.05) is 32.0 Å². The van der Waals surface area contributed by atoms with Crippen LogP contribution in [0, 0.1) is 13.8 Å². The number of aryl methyl sites for hydroxylation is 2. The number of amides is 1. The van der Waals surface area contributed by atoms with E-state index in [0.29, 0.717) is 45.8 Å². The van der Waals surface area contributed by atoms with Crippen molar-refractivity contribution in [1.29, 1.82) is 0 Å². The number of likely N-dealkylation sites (N-methyl/N-ethyl adjacent to an activating group) is 1. The number of carbonyl (C=O) groups is 1. The molecule has 1 N–H and O–H groups in total. The van der Waals surface area contributed by atoms with Crippen LogP contribution in [0.4, 0.5) is 5.69 Å². The Hall–Kier alpha value is -2.43. The minimum absolute atomic E-state index is 0.0996. The number of hydrogen-bond acceptors (Lipinski definition) is 6. The summed E-state index contributed by atoms with van der Waals surface area (Å²) in [5.74, 6) is -0.417. The fourth-order valence-electron chi connectivity index (χ4n) is 3.77. The molecule has 0 atom stereocenters. The topological polar surface area (TPSA) is 90.8 Å².